The third-order valence-corrected chi connectivity index (χ3v) is 2.97. The van der Waals surface area contributed by atoms with Gasteiger partial charge < -0.3 is 15.3 Å². The number of anilines is 1. The Kier molecular flexibility index (Phi) is 6.11. The Morgan fingerprint density at radius 1 is 1.61 bits per heavy atom. The van der Waals surface area contributed by atoms with Gasteiger partial charge >= 0.3 is 0 Å². The highest BCUT2D eigenvalue weighted by Crippen LogP contribution is 2.19. The van der Waals surface area contributed by atoms with Gasteiger partial charge in [-0.25, -0.2) is 4.68 Å². The molecule has 7 heteroatoms. The van der Waals surface area contributed by atoms with Gasteiger partial charge in [-0.1, -0.05) is 11.6 Å². The summed E-state index contributed by atoms with van der Waals surface area (Å²) in [7, 11) is 3.76. The molecule has 0 bridgehead atoms. The standard InChI is InChI=1S/C11H19ClN4O2/c1-13-4-3-5-15(2)9-8-14-16(6-7-17)11(18)10(9)12/h8,13,17H,3-7H2,1-2H3. The van der Waals surface area contributed by atoms with Crippen LogP contribution in [-0.4, -0.2) is 48.7 Å². The molecule has 0 aliphatic rings. The minimum absolute atomic E-state index is 0.138. The molecule has 0 aliphatic carbocycles. The Morgan fingerprint density at radius 3 is 2.94 bits per heavy atom. The van der Waals surface area contributed by atoms with Crippen LogP contribution in [0.5, 0.6) is 0 Å². The minimum atomic E-state index is -0.372. The predicted octanol–water partition coefficient (Wildman–Crippen LogP) is -0.0653. The summed E-state index contributed by atoms with van der Waals surface area (Å²) in [4.78, 5) is 13.7. The summed E-state index contributed by atoms with van der Waals surface area (Å²) in [6.07, 6.45) is 2.50. The van der Waals surface area contributed by atoms with Crippen LogP contribution in [0.2, 0.25) is 5.02 Å². The van der Waals surface area contributed by atoms with Crippen molar-refractivity contribution < 1.29 is 5.11 Å². The molecule has 1 rings (SSSR count). The molecule has 0 amide bonds. The van der Waals surface area contributed by atoms with E-state index in [9.17, 15) is 4.79 Å². The summed E-state index contributed by atoms with van der Waals surface area (Å²) in [5, 5.41) is 16.0. The summed E-state index contributed by atoms with van der Waals surface area (Å²) >= 11 is 6.03. The first-order valence-corrected chi connectivity index (χ1v) is 6.21. The van der Waals surface area contributed by atoms with Crippen LogP contribution in [-0.2, 0) is 6.54 Å². The maximum atomic E-state index is 11.8. The zero-order valence-corrected chi connectivity index (χ0v) is 11.4. The smallest absolute Gasteiger partial charge is 0.287 e. The summed E-state index contributed by atoms with van der Waals surface area (Å²) in [5.74, 6) is 0. The Morgan fingerprint density at radius 2 is 2.33 bits per heavy atom. The third-order valence-electron chi connectivity index (χ3n) is 2.61. The number of aliphatic hydroxyl groups is 1. The molecule has 0 aromatic carbocycles. The summed E-state index contributed by atoms with van der Waals surface area (Å²) < 4.78 is 1.16. The molecular formula is C11H19ClN4O2. The van der Waals surface area contributed by atoms with Gasteiger partial charge in [0.2, 0.25) is 0 Å². The molecular weight excluding hydrogens is 256 g/mol. The predicted molar refractivity (Wildman–Crippen MR) is 72.4 cm³/mol. The molecule has 0 aliphatic heterocycles. The fourth-order valence-electron chi connectivity index (χ4n) is 1.59. The van der Waals surface area contributed by atoms with Gasteiger partial charge in [-0.2, -0.15) is 5.10 Å². The van der Waals surface area contributed by atoms with Gasteiger partial charge in [0, 0.05) is 13.6 Å². The number of aromatic nitrogens is 2. The Labute approximate surface area is 111 Å². The van der Waals surface area contributed by atoms with Crippen molar-refractivity contribution in [3.63, 3.8) is 0 Å². The summed E-state index contributed by atoms with van der Waals surface area (Å²) in [6, 6.07) is 0. The van der Waals surface area contributed by atoms with E-state index in [1.54, 1.807) is 6.20 Å². The average molecular weight is 275 g/mol. The van der Waals surface area contributed by atoms with Crippen LogP contribution in [0.25, 0.3) is 0 Å². The first-order chi connectivity index (χ1) is 8.61. The van der Waals surface area contributed by atoms with Crippen molar-refractivity contribution in [2.24, 2.45) is 0 Å². The number of hydrogen-bond acceptors (Lipinski definition) is 5. The summed E-state index contributed by atoms with van der Waals surface area (Å²) in [6.45, 7) is 1.70. The zero-order valence-electron chi connectivity index (χ0n) is 10.7. The lowest BCUT2D eigenvalue weighted by Crippen LogP contribution is -2.29. The van der Waals surface area contributed by atoms with Crippen molar-refractivity contribution >= 4 is 17.3 Å². The highest BCUT2D eigenvalue weighted by atomic mass is 35.5. The molecule has 0 saturated heterocycles. The summed E-state index contributed by atoms with van der Waals surface area (Å²) in [5.41, 5.74) is 0.246. The molecule has 0 radical (unpaired) electrons. The fraction of sp³-hybridized carbons (Fsp3) is 0.636. The van der Waals surface area contributed by atoms with Gasteiger partial charge in [-0.05, 0) is 20.0 Å². The van der Waals surface area contributed by atoms with E-state index in [1.165, 1.54) is 0 Å². The monoisotopic (exact) mass is 274 g/mol. The second kappa shape index (κ2) is 7.35. The van der Waals surface area contributed by atoms with E-state index < -0.39 is 0 Å². The van der Waals surface area contributed by atoms with Gasteiger partial charge in [0.05, 0.1) is 25.0 Å². The second-order valence-corrected chi connectivity index (χ2v) is 4.35. The lowest BCUT2D eigenvalue weighted by atomic mass is 10.3. The van der Waals surface area contributed by atoms with Gasteiger partial charge in [-0.3, -0.25) is 4.79 Å². The van der Waals surface area contributed by atoms with Gasteiger partial charge in [-0.15, -0.1) is 0 Å². The van der Waals surface area contributed by atoms with E-state index in [4.69, 9.17) is 16.7 Å². The van der Waals surface area contributed by atoms with Crippen LogP contribution in [0, 0.1) is 0 Å². The van der Waals surface area contributed by atoms with E-state index in [0.717, 1.165) is 24.2 Å². The Bertz CT molecular complexity index is 436. The van der Waals surface area contributed by atoms with Gasteiger partial charge in [0.1, 0.15) is 5.02 Å². The number of nitrogens with one attached hydrogen (secondary N) is 1. The minimum Gasteiger partial charge on any atom is -0.394 e. The molecule has 0 fully saturated rings. The topological polar surface area (TPSA) is 70.4 Å². The van der Waals surface area contributed by atoms with Crippen LogP contribution < -0.4 is 15.8 Å². The van der Waals surface area contributed by atoms with Crippen molar-refractivity contribution in [1.82, 2.24) is 15.1 Å². The number of nitrogens with zero attached hydrogens (tertiary/aromatic N) is 3. The highest BCUT2D eigenvalue weighted by Gasteiger charge is 2.12. The van der Waals surface area contributed by atoms with Crippen molar-refractivity contribution in [1.29, 1.82) is 0 Å². The van der Waals surface area contributed by atoms with Gasteiger partial charge in [0.15, 0.2) is 0 Å². The van der Waals surface area contributed by atoms with Crippen molar-refractivity contribution in [3.05, 3.63) is 21.6 Å². The number of halogens is 1. The Hall–Kier alpha value is -1.11. The molecule has 0 saturated carbocycles. The number of hydrogen-bond donors (Lipinski definition) is 2. The van der Waals surface area contributed by atoms with E-state index in [-0.39, 0.29) is 23.7 Å². The molecule has 1 heterocycles. The largest absolute Gasteiger partial charge is 0.394 e. The molecule has 1 aromatic rings. The van der Waals surface area contributed by atoms with Crippen LogP contribution in [0.4, 0.5) is 5.69 Å². The second-order valence-electron chi connectivity index (χ2n) is 3.97. The lowest BCUT2D eigenvalue weighted by molar-refractivity contribution is 0.266. The normalized spacial score (nSPS) is 10.7. The lowest BCUT2D eigenvalue weighted by Gasteiger charge is -2.20. The van der Waals surface area contributed by atoms with Gasteiger partial charge in [0.25, 0.3) is 5.56 Å². The first-order valence-electron chi connectivity index (χ1n) is 5.84. The van der Waals surface area contributed by atoms with Crippen molar-refractivity contribution in [2.45, 2.75) is 13.0 Å². The van der Waals surface area contributed by atoms with E-state index in [0.29, 0.717) is 5.69 Å². The molecule has 6 nitrogen and oxygen atoms in total. The third kappa shape index (κ3) is 3.69. The van der Waals surface area contributed by atoms with E-state index in [1.807, 2.05) is 19.0 Å². The Balaban J connectivity index is 2.84. The van der Waals surface area contributed by atoms with Crippen LogP contribution in [0.15, 0.2) is 11.0 Å². The van der Waals surface area contributed by atoms with Crippen LogP contribution in [0.3, 0.4) is 0 Å². The first kappa shape index (κ1) is 14.9. The van der Waals surface area contributed by atoms with E-state index in [2.05, 4.69) is 10.4 Å². The number of rotatable bonds is 7. The van der Waals surface area contributed by atoms with Crippen molar-refractivity contribution in [2.75, 3.05) is 38.7 Å². The molecule has 0 atom stereocenters. The molecule has 102 valence electrons. The SMILES string of the molecule is CNCCCN(C)c1cnn(CCO)c(=O)c1Cl. The highest BCUT2D eigenvalue weighted by molar-refractivity contribution is 6.33. The van der Waals surface area contributed by atoms with Crippen LogP contribution >= 0.6 is 11.6 Å². The van der Waals surface area contributed by atoms with Crippen LogP contribution in [0.1, 0.15) is 6.42 Å². The van der Waals surface area contributed by atoms with Crippen molar-refractivity contribution in [3.8, 4) is 0 Å². The fourth-order valence-corrected chi connectivity index (χ4v) is 1.88. The zero-order chi connectivity index (χ0) is 13.5. The number of aliphatic hydroxyl groups excluding tert-OH is 1. The molecule has 1 aromatic heterocycles. The molecule has 2 N–H and O–H groups in total. The quantitative estimate of drug-likeness (QED) is 0.682. The average Bonchev–Trinajstić information content (AvgIpc) is 2.35. The molecule has 0 unspecified atom stereocenters. The van der Waals surface area contributed by atoms with E-state index >= 15 is 0 Å². The molecule has 18 heavy (non-hydrogen) atoms. The molecule has 0 spiro atoms. The maximum Gasteiger partial charge on any atom is 0.287 e. The maximum absolute atomic E-state index is 11.8.